The van der Waals surface area contributed by atoms with Gasteiger partial charge in [0.1, 0.15) is 0 Å². The first-order valence-corrected chi connectivity index (χ1v) is 13.1. The highest BCUT2D eigenvalue weighted by Gasteiger charge is 2.28. The van der Waals surface area contributed by atoms with Crippen molar-refractivity contribution >= 4 is 0 Å². The van der Waals surface area contributed by atoms with E-state index in [1.807, 2.05) is 6.92 Å². The molecule has 6 heteroatoms. The molecular formula is C29H36F4O2. The highest BCUT2D eigenvalue weighted by Crippen LogP contribution is 2.40. The maximum absolute atomic E-state index is 14.8. The lowest BCUT2D eigenvalue weighted by Gasteiger charge is -2.29. The minimum absolute atomic E-state index is 0.0237. The number of hydrogen-bond donors (Lipinski definition) is 1. The predicted octanol–water partition coefficient (Wildman–Crippen LogP) is 7.70. The predicted molar refractivity (Wildman–Crippen MR) is 128 cm³/mol. The summed E-state index contributed by atoms with van der Waals surface area (Å²) in [4.78, 5) is 0. The van der Waals surface area contributed by atoms with Crippen LogP contribution in [0.1, 0.15) is 98.8 Å². The van der Waals surface area contributed by atoms with Crippen LogP contribution < -0.4 is 0 Å². The summed E-state index contributed by atoms with van der Waals surface area (Å²) in [5.41, 5.74) is 1.51. The number of rotatable bonds is 8. The molecule has 0 amide bonds. The molecule has 0 bridgehead atoms. The largest absolute Gasteiger partial charge is 0.393 e. The number of aryl methyl sites for hydroxylation is 1. The smallest absolute Gasteiger partial charge is 0.164 e. The summed E-state index contributed by atoms with van der Waals surface area (Å²) in [7, 11) is 0. The molecule has 4 rings (SSSR count). The van der Waals surface area contributed by atoms with E-state index in [9.17, 15) is 22.7 Å². The van der Waals surface area contributed by atoms with E-state index in [1.165, 1.54) is 0 Å². The summed E-state index contributed by atoms with van der Waals surface area (Å²) in [6.07, 6.45) is 6.75. The second-order valence-electron chi connectivity index (χ2n) is 10.3. The molecule has 1 N–H and O–H groups in total. The van der Waals surface area contributed by atoms with E-state index in [4.69, 9.17) is 4.74 Å². The van der Waals surface area contributed by atoms with E-state index in [1.54, 1.807) is 24.3 Å². The van der Waals surface area contributed by atoms with Crippen molar-refractivity contribution in [1.29, 1.82) is 0 Å². The number of hydrogen-bond acceptors (Lipinski definition) is 2. The van der Waals surface area contributed by atoms with Gasteiger partial charge in [-0.1, -0.05) is 24.3 Å². The van der Waals surface area contributed by atoms with Crippen LogP contribution in [-0.2, 0) is 17.8 Å². The van der Waals surface area contributed by atoms with Crippen LogP contribution in [0.4, 0.5) is 17.6 Å². The van der Waals surface area contributed by atoms with Crippen molar-refractivity contribution in [3.8, 4) is 0 Å². The zero-order valence-corrected chi connectivity index (χ0v) is 20.5. The van der Waals surface area contributed by atoms with Crippen molar-refractivity contribution in [3.05, 3.63) is 69.8 Å². The maximum Gasteiger partial charge on any atom is 0.164 e. The molecule has 2 aromatic rings. The van der Waals surface area contributed by atoms with Crippen molar-refractivity contribution < 1.29 is 27.4 Å². The van der Waals surface area contributed by atoms with Crippen LogP contribution in [0.25, 0.3) is 0 Å². The Labute approximate surface area is 205 Å². The van der Waals surface area contributed by atoms with Gasteiger partial charge in [-0.2, -0.15) is 0 Å². The van der Waals surface area contributed by atoms with Crippen molar-refractivity contribution in [2.75, 3.05) is 6.61 Å². The Morgan fingerprint density at radius 2 is 1.23 bits per heavy atom. The van der Waals surface area contributed by atoms with Gasteiger partial charge in [0.25, 0.3) is 0 Å². The van der Waals surface area contributed by atoms with E-state index in [0.717, 1.165) is 32.1 Å². The normalized spacial score (nSPS) is 25.1. The summed E-state index contributed by atoms with van der Waals surface area (Å²) in [5.74, 6) is -2.76. The Bertz CT molecular complexity index is 993. The summed E-state index contributed by atoms with van der Waals surface area (Å²) >= 11 is 0. The zero-order valence-electron chi connectivity index (χ0n) is 20.5. The first-order chi connectivity index (χ1) is 16.9. The molecule has 0 aliphatic heterocycles. The topological polar surface area (TPSA) is 29.5 Å². The highest BCUT2D eigenvalue weighted by atomic mass is 19.2. The average Bonchev–Trinajstić information content (AvgIpc) is 2.87. The Morgan fingerprint density at radius 1 is 0.714 bits per heavy atom. The van der Waals surface area contributed by atoms with Crippen LogP contribution in [0, 0.1) is 29.2 Å². The third kappa shape index (κ3) is 6.08. The van der Waals surface area contributed by atoms with E-state index in [2.05, 4.69) is 0 Å². The second kappa shape index (κ2) is 11.9. The lowest BCUT2D eigenvalue weighted by atomic mass is 9.76. The van der Waals surface area contributed by atoms with Crippen molar-refractivity contribution in [3.63, 3.8) is 0 Å². The molecule has 0 atom stereocenters. The van der Waals surface area contributed by atoms with Gasteiger partial charge in [-0.25, -0.2) is 17.6 Å². The molecule has 0 spiro atoms. The zero-order chi connectivity index (χ0) is 24.9. The first-order valence-electron chi connectivity index (χ1n) is 13.1. The van der Waals surface area contributed by atoms with Crippen LogP contribution in [0.3, 0.4) is 0 Å². The highest BCUT2D eigenvalue weighted by molar-refractivity contribution is 5.30. The van der Waals surface area contributed by atoms with E-state index < -0.39 is 23.3 Å². The molecule has 192 valence electrons. The van der Waals surface area contributed by atoms with Gasteiger partial charge < -0.3 is 9.84 Å². The molecule has 35 heavy (non-hydrogen) atoms. The molecule has 0 radical (unpaired) electrons. The number of aliphatic hydroxyl groups is 1. The Balaban J connectivity index is 1.31. The summed E-state index contributed by atoms with van der Waals surface area (Å²) in [5, 5.41) is 9.67. The monoisotopic (exact) mass is 492 g/mol. The fourth-order valence-electron chi connectivity index (χ4n) is 5.86. The lowest BCUT2D eigenvalue weighted by Crippen LogP contribution is -2.18. The Kier molecular flexibility index (Phi) is 8.87. The van der Waals surface area contributed by atoms with Gasteiger partial charge in [-0.3, -0.25) is 0 Å². The first kappa shape index (κ1) is 26.2. The maximum atomic E-state index is 14.8. The quantitative estimate of drug-likeness (QED) is 0.383. The third-order valence-corrected chi connectivity index (χ3v) is 8.09. The van der Waals surface area contributed by atoms with Crippen LogP contribution in [0.2, 0.25) is 0 Å². The molecule has 0 aromatic heterocycles. The van der Waals surface area contributed by atoms with Crippen molar-refractivity contribution in [1.82, 2.24) is 0 Å². The number of halogens is 4. The van der Waals surface area contributed by atoms with Gasteiger partial charge in [0.15, 0.2) is 23.3 Å². The molecule has 0 heterocycles. The SMILES string of the molecule is CCOCc1ccc(C2CCC(CCc3ccc(C4CCC(O)CC4)c(F)c3F)CC2)c(F)c1F. The molecule has 2 fully saturated rings. The molecule has 0 saturated heterocycles. The minimum Gasteiger partial charge on any atom is -0.393 e. The Morgan fingerprint density at radius 3 is 1.80 bits per heavy atom. The molecule has 2 saturated carbocycles. The fourth-order valence-corrected chi connectivity index (χ4v) is 5.86. The molecule has 2 aliphatic rings. The van der Waals surface area contributed by atoms with Crippen LogP contribution in [0.5, 0.6) is 0 Å². The molecule has 2 nitrogen and oxygen atoms in total. The van der Waals surface area contributed by atoms with E-state index >= 15 is 0 Å². The van der Waals surface area contributed by atoms with Crippen molar-refractivity contribution in [2.45, 2.75) is 95.7 Å². The third-order valence-electron chi connectivity index (χ3n) is 8.09. The minimum atomic E-state index is -0.816. The molecule has 0 unspecified atom stereocenters. The van der Waals surface area contributed by atoms with Gasteiger partial charge in [-0.15, -0.1) is 0 Å². The van der Waals surface area contributed by atoms with Crippen molar-refractivity contribution in [2.24, 2.45) is 5.92 Å². The molecular weight excluding hydrogens is 456 g/mol. The second-order valence-corrected chi connectivity index (χ2v) is 10.3. The van der Waals surface area contributed by atoms with E-state index in [0.29, 0.717) is 61.3 Å². The average molecular weight is 493 g/mol. The van der Waals surface area contributed by atoms with Gasteiger partial charge in [0, 0.05) is 12.2 Å². The van der Waals surface area contributed by atoms with E-state index in [-0.39, 0.29) is 30.1 Å². The number of benzene rings is 2. The standard InChI is InChI=1S/C29H36F4O2/c1-2-35-17-22-12-16-25(29(33)27(22)31)19-6-3-18(4-7-19)5-8-21-11-15-24(28(32)26(21)30)20-9-13-23(34)14-10-20/h11-12,15-16,18-20,23,34H,2-10,13-14,17H2,1H3. The molecule has 2 aromatic carbocycles. The van der Waals surface area contributed by atoms with Crippen LogP contribution in [-0.4, -0.2) is 17.8 Å². The number of aliphatic hydroxyl groups excluding tert-OH is 1. The summed E-state index contributed by atoms with van der Waals surface area (Å²) in [6.45, 7) is 2.32. The van der Waals surface area contributed by atoms with Crippen LogP contribution >= 0.6 is 0 Å². The van der Waals surface area contributed by atoms with Crippen LogP contribution in [0.15, 0.2) is 24.3 Å². The molecule has 2 aliphatic carbocycles. The Hall–Kier alpha value is -1.92. The van der Waals surface area contributed by atoms with Gasteiger partial charge in [-0.05, 0) is 106 Å². The van der Waals surface area contributed by atoms with Gasteiger partial charge >= 0.3 is 0 Å². The lowest BCUT2D eigenvalue weighted by molar-refractivity contribution is 0.122. The van der Waals surface area contributed by atoms with Gasteiger partial charge in [0.05, 0.1) is 12.7 Å². The fraction of sp³-hybridized carbons (Fsp3) is 0.586. The van der Waals surface area contributed by atoms with Gasteiger partial charge in [0.2, 0.25) is 0 Å². The summed E-state index contributed by atoms with van der Waals surface area (Å²) in [6, 6.07) is 6.74. The summed E-state index contributed by atoms with van der Waals surface area (Å²) < 4.78 is 63.9. The number of ether oxygens (including phenoxy) is 1.